The number of hydrogen-bond donors (Lipinski definition) is 0. The minimum Gasteiger partial charge on any atom is -0.459 e. The first-order valence-corrected chi connectivity index (χ1v) is 11.1. The number of rotatable bonds is 3. The third kappa shape index (κ3) is 3.72. The zero-order valence-electron chi connectivity index (χ0n) is 17.5. The van der Waals surface area contributed by atoms with E-state index < -0.39 is 0 Å². The van der Waals surface area contributed by atoms with E-state index in [-0.39, 0.29) is 12.0 Å². The molecule has 0 aromatic heterocycles. The van der Waals surface area contributed by atoms with Crippen LogP contribution in [0.15, 0.2) is 48.5 Å². The lowest BCUT2D eigenvalue weighted by Crippen LogP contribution is -2.54. The van der Waals surface area contributed by atoms with Crippen molar-refractivity contribution >= 4 is 6.09 Å². The summed E-state index contributed by atoms with van der Waals surface area (Å²) >= 11 is 0. The first kappa shape index (κ1) is 19.6. The van der Waals surface area contributed by atoms with Gasteiger partial charge in [0.05, 0.1) is 0 Å². The molecule has 2 aromatic rings. The fourth-order valence-electron chi connectivity index (χ4n) is 5.24. The lowest BCUT2D eigenvalue weighted by molar-refractivity contribution is 0.0495. The highest BCUT2D eigenvalue weighted by molar-refractivity contribution is 5.79. The molecular weight excluding hydrogens is 374 g/mol. The summed E-state index contributed by atoms with van der Waals surface area (Å²) in [5, 5.41) is 0. The van der Waals surface area contributed by atoms with Crippen LogP contribution < -0.4 is 0 Å². The number of hydrogen-bond acceptors (Lipinski definition) is 4. The van der Waals surface area contributed by atoms with Crippen LogP contribution in [0.2, 0.25) is 0 Å². The van der Waals surface area contributed by atoms with Crippen molar-refractivity contribution in [2.45, 2.75) is 24.8 Å². The van der Waals surface area contributed by atoms with Crippen LogP contribution >= 0.6 is 0 Å². The van der Waals surface area contributed by atoms with E-state index in [2.05, 4.69) is 65.4 Å². The molecule has 0 radical (unpaired) electrons. The monoisotopic (exact) mass is 404 g/mol. The van der Waals surface area contributed by atoms with Crippen molar-refractivity contribution in [2.24, 2.45) is 0 Å². The van der Waals surface area contributed by atoms with Gasteiger partial charge in [0.25, 0.3) is 0 Å². The van der Waals surface area contributed by atoms with Gasteiger partial charge in [0.1, 0.15) is 6.61 Å². The molecule has 2 aliphatic heterocycles. The molecule has 0 saturated carbocycles. The summed E-state index contributed by atoms with van der Waals surface area (Å²) in [5.41, 5.74) is 5.04. The van der Waals surface area contributed by atoms with Crippen molar-refractivity contribution in [1.82, 2.24) is 14.7 Å². The number of likely N-dealkylation sites (tertiary alicyclic amines) is 1. The third-order valence-corrected chi connectivity index (χ3v) is 6.98. The second-order valence-corrected chi connectivity index (χ2v) is 8.68. The van der Waals surface area contributed by atoms with Gasteiger partial charge in [-0.25, -0.2) is 4.79 Å². The van der Waals surface area contributed by atoms with Crippen LogP contribution in [0.3, 0.4) is 0 Å². The van der Waals surface area contributed by atoms with E-state index in [1.165, 1.54) is 35.1 Å². The largest absolute Gasteiger partial charge is 0.459 e. The maximum Gasteiger partial charge on any atom is 0.409 e. The van der Waals surface area contributed by atoms with Crippen molar-refractivity contribution in [1.29, 1.82) is 0 Å². The maximum atomic E-state index is 12.8. The smallest absolute Gasteiger partial charge is 0.409 e. The summed E-state index contributed by atoms with van der Waals surface area (Å²) in [5.74, 6) is 0.121. The molecule has 30 heavy (non-hydrogen) atoms. The van der Waals surface area contributed by atoms with Gasteiger partial charge in [0.2, 0.25) is 0 Å². The number of amides is 1. The molecule has 2 saturated heterocycles. The van der Waals surface area contributed by atoms with E-state index in [0.717, 1.165) is 39.3 Å². The average molecular weight is 405 g/mol. The van der Waals surface area contributed by atoms with E-state index in [4.69, 9.17) is 4.74 Å². The molecular formula is C25H30N3O2-. The summed E-state index contributed by atoms with van der Waals surface area (Å²) < 4.78 is 5.83. The zero-order chi connectivity index (χ0) is 20.5. The molecule has 158 valence electrons. The van der Waals surface area contributed by atoms with Crippen LogP contribution in [0.5, 0.6) is 0 Å². The highest BCUT2D eigenvalue weighted by atomic mass is 16.6. The van der Waals surface area contributed by atoms with Gasteiger partial charge in [-0.15, -0.1) is 0 Å². The average Bonchev–Trinajstić information content (AvgIpc) is 3.12. The SMILES string of the molecule is [CH2-]N1CCC(N2CCN(C(=O)OCC3c4ccccc4-c4ccccc43)CC2)CC1. The van der Waals surface area contributed by atoms with Crippen molar-refractivity contribution in [2.75, 3.05) is 45.9 Å². The Hall–Kier alpha value is -2.37. The first-order chi connectivity index (χ1) is 14.7. The third-order valence-electron chi connectivity index (χ3n) is 6.98. The van der Waals surface area contributed by atoms with E-state index in [0.29, 0.717) is 12.6 Å². The van der Waals surface area contributed by atoms with E-state index in [1.54, 1.807) is 0 Å². The molecule has 2 heterocycles. The molecule has 0 spiro atoms. The number of piperazine rings is 1. The first-order valence-electron chi connectivity index (χ1n) is 11.1. The molecule has 0 unspecified atom stereocenters. The molecule has 5 heteroatoms. The molecule has 0 N–H and O–H groups in total. The Balaban J connectivity index is 1.18. The highest BCUT2D eigenvalue weighted by Crippen LogP contribution is 2.44. The van der Waals surface area contributed by atoms with Gasteiger partial charge in [-0.2, -0.15) is 0 Å². The minimum atomic E-state index is -0.177. The maximum absolute atomic E-state index is 12.8. The number of ether oxygens (including phenoxy) is 1. The van der Waals surface area contributed by atoms with Crippen molar-refractivity contribution < 1.29 is 9.53 Å². The number of piperidine rings is 1. The summed E-state index contributed by atoms with van der Waals surface area (Å²) in [7, 11) is 4.04. The van der Waals surface area contributed by atoms with Crippen molar-refractivity contribution in [3.63, 3.8) is 0 Å². The van der Waals surface area contributed by atoms with Crippen molar-refractivity contribution in [3.8, 4) is 11.1 Å². The van der Waals surface area contributed by atoms with Gasteiger partial charge in [-0.1, -0.05) is 48.5 Å². The van der Waals surface area contributed by atoms with Gasteiger partial charge in [0, 0.05) is 38.1 Å². The molecule has 1 aliphatic carbocycles. The van der Waals surface area contributed by atoms with Crippen LogP contribution in [0.25, 0.3) is 11.1 Å². The molecule has 2 aromatic carbocycles. The molecule has 0 bridgehead atoms. The highest BCUT2D eigenvalue weighted by Gasteiger charge is 2.31. The van der Waals surface area contributed by atoms with Crippen LogP contribution in [0.4, 0.5) is 4.79 Å². The number of benzene rings is 2. The number of nitrogens with zero attached hydrogens (tertiary/aromatic N) is 3. The van der Waals surface area contributed by atoms with E-state index >= 15 is 0 Å². The summed E-state index contributed by atoms with van der Waals surface area (Å²) in [6.45, 7) is 5.91. The second-order valence-electron chi connectivity index (χ2n) is 8.68. The minimum absolute atomic E-state index is 0.121. The molecule has 5 rings (SSSR count). The Morgan fingerprint density at radius 3 is 2.03 bits per heavy atom. The standard InChI is InChI=1S/C25H30N3O2/c1-26-12-10-19(11-13-26)27-14-16-28(17-15-27)25(29)30-18-24-22-8-4-2-6-20(22)21-7-3-5-9-23(21)24/h2-9,19,24H,1,10-18H2/q-1. The second kappa shape index (κ2) is 8.40. The topological polar surface area (TPSA) is 36.0 Å². The normalized spacial score (nSPS) is 20.8. The van der Waals surface area contributed by atoms with E-state index in [9.17, 15) is 4.79 Å². The molecule has 5 nitrogen and oxygen atoms in total. The van der Waals surface area contributed by atoms with Crippen LogP contribution in [0.1, 0.15) is 29.9 Å². The van der Waals surface area contributed by atoms with Gasteiger partial charge in [0.15, 0.2) is 0 Å². The van der Waals surface area contributed by atoms with Crippen molar-refractivity contribution in [3.05, 3.63) is 66.7 Å². The predicted octanol–water partition coefficient (Wildman–Crippen LogP) is 3.81. The lowest BCUT2D eigenvalue weighted by Gasteiger charge is -2.43. The summed E-state index contributed by atoms with van der Waals surface area (Å²) in [6.07, 6.45) is 2.17. The molecule has 2 fully saturated rings. The predicted molar refractivity (Wildman–Crippen MR) is 118 cm³/mol. The summed E-state index contributed by atoms with van der Waals surface area (Å²) in [4.78, 5) is 19.3. The van der Waals surface area contributed by atoms with Gasteiger partial charge < -0.3 is 14.5 Å². The van der Waals surface area contributed by atoms with Crippen LogP contribution in [-0.2, 0) is 4.74 Å². The van der Waals surface area contributed by atoms with Gasteiger partial charge >= 0.3 is 6.09 Å². The Bertz CT molecular complexity index is 853. The summed E-state index contributed by atoms with van der Waals surface area (Å²) in [6, 6.07) is 17.5. The van der Waals surface area contributed by atoms with E-state index in [1.807, 2.05) is 4.90 Å². The Morgan fingerprint density at radius 1 is 0.867 bits per heavy atom. The number of carbonyl (C=O) groups is 1. The Kier molecular flexibility index (Phi) is 5.48. The Morgan fingerprint density at radius 2 is 1.43 bits per heavy atom. The van der Waals surface area contributed by atoms with Crippen LogP contribution in [-0.4, -0.2) is 72.7 Å². The van der Waals surface area contributed by atoms with Gasteiger partial charge in [-0.05, 0) is 48.2 Å². The Labute approximate surface area is 179 Å². The quantitative estimate of drug-likeness (QED) is 0.729. The van der Waals surface area contributed by atoms with Gasteiger partial charge in [-0.3, -0.25) is 11.9 Å². The molecule has 1 amide bonds. The zero-order valence-corrected chi connectivity index (χ0v) is 17.5. The fourth-order valence-corrected chi connectivity index (χ4v) is 5.24. The number of fused-ring (bicyclic) bond motifs is 3. The fraction of sp³-hybridized carbons (Fsp3) is 0.440. The molecule has 0 atom stereocenters. The lowest BCUT2D eigenvalue weighted by atomic mass is 9.98. The number of carbonyl (C=O) groups excluding carboxylic acids is 1. The van der Waals surface area contributed by atoms with Crippen LogP contribution in [0, 0.1) is 7.05 Å². The molecule has 3 aliphatic rings.